The summed E-state index contributed by atoms with van der Waals surface area (Å²) >= 11 is 0. The van der Waals surface area contributed by atoms with Gasteiger partial charge in [-0.1, -0.05) is 0 Å². The van der Waals surface area contributed by atoms with Gasteiger partial charge in [0.15, 0.2) is 5.78 Å². The summed E-state index contributed by atoms with van der Waals surface area (Å²) < 4.78 is 63.3. The molecular weight excluding hydrogens is 350 g/mol. The van der Waals surface area contributed by atoms with Crippen LogP contribution >= 0.6 is 0 Å². The van der Waals surface area contributed by atoms with Gasteiger partial charge in [-0.3, -0.25) is 13.9 Å². The first kappa shape index (κ1) is 17.1. The molecule has 0 saturated carbocycles. The van der Waals surface area contributed by atoms with E-state index >= 15 is 0 Å². The summed E-state index contributed by atoms with van der Waals surface area (Å²) in [6.45, 7) is 1.05. The van der Waals surface area contributed by atoms with Crippen molar-refractivity contribution in [2.75, 3.05) is 5.73 Å². The number of nitrogens with two attached hydrogens (primary N) is 1. The van der Waals surface area contributed by atoms with Crippen LogP contribution in [0.2, 0.25) is 0 Å². The monoisotopic (exact) mass is 361 g/mol. The molecule has 2 aromatic rings. The van der Waals surface area contributed by atoms with Gasteiger partial charge in [-0.2, -0.15) is 16.8 Å². The van der Waals surface area contributed by atoms with Gasteiger partial charge in [-0.25, -0.2) is 0 Å². The molecule has 0 unspecified atom stereocenters. The van der Waals surface area contributed by atoms with E-state index in [0.29, 0.717) is 6.07 Å². The van der Waals surface area contributed by atoms with Crippen molar-refractivity contribution in [2.45, 2.75) is 16.7 Å². The second kappa shape index (κ2) is 5.16. The first-order valence-electron chi connectivity index (χ1n) is 5.89. The molecule has 0 aliphatic heterocycles. The van der Waals surface area contributed by atoms with Crippen LogP contribution in [0, 0.1) is 0 Å². The van der Waals surface area contributed by atoms with Crippen LogP contribution in [0.4, 0.5) is 5.69 Å². The number of aromatic hydroxyl groups is 1. The average Bonchev–Trinajstić information content (AvgIpc) is 2.35. The normalized spacial score (nSPS) is 12.5. The molecule has 124 valence electrons. The summed E-state index contributed by atoms with van der Waals surface area (Å²) in [6.07, 6.45) is 0. The van der Waals surface area contributed by atoms with E-state index in [2.05, 4.69) is 0 Å². The zero-order chi connectivity index (χ0) is 17.7. The van der Waals surface area contributed by atoms with Crippen molar-refractivity contribution in [2.24, 2.45) is 0 Å². The molecular formula is C12H11NO8S2. The van der Waals surface area contributed by atoms with E-state index in [4.69, 9.17) is 10.3 Å². The van der Waals surface area contributed by atoms with Crippen molar-refractivity contribution in [3.8, 4) is 5.75 Å². The van der Waals surface area contributed by atoms with E-state index in [-0.39, 0.29) is 10.8 Å². The second-order valence-corrected chi connectivity index (χ2v) is 7.52. The highest BCUT2D eigenvalue weighted by Gasteiger charge is 2.25. The number of phenols is 1. The number of anilines is 1. The number of fused-ring (bicyclic) bond motifs is 1. The van der Waals surface area contributed by atoms with E-state index in [1.165, 1.54) is 0 Å². The number of nitrogen functional groups attached to an aromatic ring is 1. The van der Waals surface area contributed by atoms with Crippen molar-refractivity contribution < 1.29 is 35.8 Å². The summed E-state index contributed by atoms with van der Waals surface area (Å²) in [6, 6.07) is 2.32. The Hall–Kier alpha value is -2.21. The average molecular weight is 361 g/mol. The summed E-state index contributed by atoms with van der Waals surface area (Å²) in [5, 5.41) is 9.55. The Morgan fingerprint density at radius 3 is 2.04 bits per heavy atom. The number of Topliss-reactive ketones (excluding diaryl/α,β-unsaturated/α-hetero) is 1. The lowest BCUT2D eigenvalue weighted by Crippen LogP contribution is -2.09. The Morgan fingerprint density at radius 1 is 1.04 bits per heavy atom. The lowest BCUT2D eigenvalue weighted by atomic mass is 9.99. The quantitative estimate of drug-likeness (QED) is 0.351. The molecule has 0 bridgehead atoms. The Labute approximate surface area is 130 Å². The first-order valence-corrected chi connectivity index (χ1v) is 8.77. The first-order chi connectivity index (χ1) is 10.3. The fourth-order valence-electron chi connectivity index (χ4n) is 2.21. The third-order valence-corrected chi connectivity index (χ3v) is 4.85. The molecule has 0 aromatic heterocycles. The van der Waals surface area contributed by atoms with Gasteiger partial charge in [0.25, 0.3) is 20.2 Å². The lowest BCUT2D eigenvalue weighted by molar-refractivity contribution is 0.101. The zero-order valence-electron chi connectivity index (χ0n) is 11.5. The molecule has 0 radical (unpaired) electrons. The predicted molar refractivity (Wildman–Crippen MR) is 79.7 cm³/mol. The van der Waals surface area contributed by atoms with E-state index in [1.54, 1.807) is 0 Å². The van der Waals surface area contributed by atoms with Crippen molar-refractivity contribution in [1.82, 2.24) is 0 Å². The van der Waals surface area contributed by atoms with Crippen LogP contribution < -0.4 is 5.73 Å². The molecule has 2 aromatic carbocycles. The third kappa shape index (κ3) is 2.99. The van der Waals surface area contributed by atoms with E-state index < -0.39 is 52.8 Å². The number of carbonyl (C=O) groups excluding carboxylic acids is 1. The maximum absolute atomic E-state index is 11.8. The Morgan fingerprint density at radius 2 is 1.61 bits per heavy atom. The number of ketones is 1. The molecule has 0 heterocycles. The van der Waals surface area contributed by atoms with Crippen LogP contribution in [0.15, 0.2) is 28.0 Å². The molecule has 0 spiro atoms. The van der Waals surface area contributed by atoms with Crippen molar-refractivity contribution >= 4 is 42.5 Å². The standard InChI is InChI=1S/C12H11NO8S2/c1-5(14)10-11-6(3-9(12(10)13)23(19,20)21)2-7(4-8(11)15)22(16,17)18/h2-4,15H,13H2,1H3,(H,16,17,18)(H,19,20,21). The molecule has 0 aliphatic rings. The van der Waals surface area contributed by atoms with E-state index in [9.17, 15) is 31.3 Å². The number of benzene rings is 2. The number of hydrogen-bond acceptors (Lipinski definition) is 7. The summed E-state index contributed by atoms with van der Waals surface area (Å²) in [4.78, 5) is 10.2. The lowest BCUT2D eigenvalue weighted by Gasteiger charge is -2.13. The molecule has 23 heavy (non-hydrogen) atoms. The summed E-state index contributed by atoms with van der Waals surface area (Å²) in [5.74, 6) is -1.41. The van der Waals surface area contributed by atoms with Gasteiger partial charge >= 0.3 is 0 Å². The van der Waals surface area contributed by atoms with E-state index in [0.717, 1.165) is 19.1 Å². The summed E-state index contributed by atoms with van der Waals surface area (Å²) in [5.41, 5.74) is 4.62. The van der Waals surface area contributed by atoms with Crippen molar-refractivity contribution in [1.29, 1.82) is 0 Å². The predicted octanol–water partition coefficient (Wildman–Crippen LogP) is 0.824. The molecule has 2 rings (SSSR count). The second-order valence-electron chi connectivity index (χ2n) is 4.71. The fourth-order valence-corrected chi connectivity index (χ4v) is 3.41. The van der Waals surface area contributed by atoms with Gasteiger partial charge in [0.1, 0.15) is 10.6 Å². The number of phenolic OH excluding ortho intramolecular Hbond substituents is 1. The van der Waals surface area contributed by atoms with Gasteiger partial charge in [0.05, 0.1) is 16.1 Å². The molecule has 0 atom stereocenters. The van der Waals surface area contributed by atoms with Crippen LogP contribution in [0.1, 0.15) is 17.3 Å². The van der Waals surface area contributed by atoms with Crippen LogP contribution in [-0.2, 0) is 20.2 Å². The molecule has 5 N–H and O–H groups in total. The summed E-state index contributed by atoms with van der Waals surface area (Å²) in [7, 11) is -9.51. The zero-order valence-corrected chi connectivity index (χ0v) is 13.1. The third-order valence-electron chi connectivity index (χ3n) is 3.12. The largest absolute Gasteiger partial charge is 0.507 e. The smallest absolute Gasteiger partial charge is 0.296 e. The molecule has 0 aliphatic carbocycles. The van der Waals surface area contributed by atoms with Gasteiger partial charge in [-0.15, -0.1) is 0 Å². The molecule has 0 amide bonds. The van der Waals surface area contributed by atoms with Crippen LogP contribution in [0.5, 0.6) is 5.75 Å². The minimum Gasteiger partial charge on any atom is -0.507 e. The maximum atomic E-state index is 11.8. The number of carbonyl (C=O) groups is 1. The Bertz CT molecular complexity index is 1050. The SMILES string of the molecule is CC(=O)c1c(N)c(S(=O)(=O)O)cc2cc(S(=O)(=O)O)cc(O)c12. The molecule has 0 saturated heterocycles. The van der Waals surface area contributed by atoms with Gasteiger partial charge in [0.2, 0.25) is 0 Å². The minimum absolute atomic E-state index is 0.199. The highest BCUT2D eigenvalue weighted by Crippen LogP contribution is 2.38. The molecule has 11 heteroatoms. The topological polar surface area (TPSA) is 172 Å². The number of hydrogen-bond donors (Lipinski definition) is 4. The van der Waals surface area contributed by atoms with Crippen LogP contribution in [-0.4, -0.2) is 36.8 Å². The molecule has 9 nitrogen and oxygen atoms in total. The van der Waals surface area contributed by atoms with Crippen molar-refractivity contribution in [3.05, 3.63) is 23.8 Å². The minimum atomic E-state index is -4.81. The highest BCUT2D eigenvalue weighted by atomic mass is 32.2. The number of rotatable bonds is 3. The van der Waals surface area contributed by atoms with Crippen LogP contribution in [0.25, 0.3) is 10.8 Å². The van der Waals surface area contributed by atoms with Crippen molar-refractivity contribution in [3.63, 3.8) is 0 Å². The van der Waals surface area contributed by atoms with Gasteiger partial charge < -0.3 is 10.8 Å². The maximum Gasteiger partial charge on any atom is 0.296 e. The Kier molecular flexibility index (Phi) is 3.85. The van der Waals surface area contributed by atoms with Crippen LogP contribution in [0.3, 0.4) is 0 Å². The highest BCUT2D eigenvalue weighted by molar-refractivity contribution is 7.86. The molecule has 0 fully saturated rings. The van der Waals surface area contributed by atoms with E-state index in [1.807, 2.05) is 0 Å². The fraction of sp³-hybridized carbons (Fsp3) is 0.0833. The van der Waals surface area contributed by atoms with Gasteiger partial charge in [-0.05, 0) is 24.4 Å². The Balaban J connectivity index is 3.14. The van der Waals surface area contributed by atoms with Gasteiger partial charge in [0, 0.05) is 11.5 Å².